The second kappa shape index (κ2) is 7.44. The van der Waals surface area contributed by atoms with Gasteiger partial charge in [-0.25, -0.2) is 4.39 Å². The molecule has 2 aromatic carbocycles. The molecule has 0 aromatic heterocycles. The van der Waals surface area contributed by atoms with Crippen LogP contribution in [0, 0.1) is 26.0 Å². The Morgan fingerprint density at radius 2 is 1.36 bits per heavy atom. The van der Waals surface area contributed by atoms with Crippen molar-refractivity contribution in [2.45, 2.75) is 0 Å². The zero-order valence-electron chi connectivity index (χ0n) is 11.6. The van der Waals surface area contributed by atoms with E-state index < -0.39 is 37.7 Å². The van der Waals surface area contributed by atoms with Gasteiger partial charge in [0.05, 0.1) is 29.9 Å². The van der Waals surface area contributed by atoms with Crippen LogP contribution in [0.3, 0.4) is 0 Å². The fourth-order valence-electron chi connectivity index (χ4n) is 1.76. The predicted molar refractivity (Wildman–Crippen MR) is 93.4 cm³/mol. The molecule has 2 N–H and O–H groups in total. The minimum atomic E-state index is -1.21. The summed E-state index contributed by atoms with van der Waals surface area (Å²) in [5, 5.41) is 21.1. The number of nitrogens with one attached hydrogen (secondary N) is 2. The van der Waals surface area contributed by atoms with Crippen molar-refractivity contribution >= 4 is 69.2 Å². The number of nitrogens with zero attached hydrogens (tertiary/aromatic N) is 2. The maximum atomic E-state index is 14.2. The Hall–Kier alpha value is -2.07. The molecule has 132 valence electrons. The van der Waals surface area contributed by atoms with Crippen LogP contribution < -0.4 is 10.9 Å². The minimum Gasteiger partial charge on any atom is -0.294 e. The SMILES string of the molecule is O=[N+]([O-])c1cc(Cl)c(Cl)cc1NNc1c([N+](=O)[O-])cc(Cl)c(Cl)c1F. The van der Waals surface area contributed by atoms with E-state index in [1.807, 2.05) is 0 Å². The molecule has 0 bridgehead atoms. The van der Waals surface area contributed by atoms with Crippen LogP contribution in [-0.2, 0) is 0 Å². The third kappa shape index (κ3) is 3.96. The van der Waals surface area contributed by atoms with Gasteiger partial charge in [0.1, 0.15) is 5.69 Å². The van der Waals surface area contributed by atoms with Crippen molar-refractivity contribution in [3.63, 3.8) is 0 Å². The molecule has 2 rings (SSSR count). The van der Waals surface area contributed by atoms with Gasteiger partial charge in [-0.2, -0.15) is 0 Å². The zero-order chi connectivity index (χ0) is 18.9. The molecule has 0 saturated carbocycles. The van der Waals surface area contributed by atoms with Gasteiger partial charge in [-0.05, 0) is 6.07 Å². The number of anilines is 2. The van der Waals surface area contributed by atoms with Gasteiger partial charge in [0.15, 0.2) is 11.5 Å². The largest absolute Gasteiger partial charge is 0.298 e. The van der Waals surface area contributed by atoms with E-state index in [0.717, 1.165) is 18.2 Å². The molecule has 13 heteroatoms. The van der Waals surface area contributed by atoms with Gasteiger partial charge in [0.25, 0.3) is 11.4 Å². The number of hydrazine groups is 1. The maximum Gasteiger partial charge on any atom is 0.298 e. The molecule has 0 unspecified atom stereocenters. The molecule has 0 aliphatic heterocycles. The van der Waals surface area contributed by atoms with Crippen molar-refractivity contribution in [2.75, 3.05) is 10.9 Å². The van der Waals surface area contributed by atoms with Crippen LogP contribution in [-0.4, -0.2) is 9.85 Å². The first-order valence-corrected chi connectivity index (χ1v) is 7.62. The zero-order valence-corrected chi connectivity index (χ0v) is 14.7. The normalized spacial score (nSPS) is 10.4. The standard InChI is InChI=1S/C12H5Cl4FN4O4/c13-4-1-7(8(20(22)23)2-5(4)14)18-19-12-9(21(24)25)3-6(15)10(16)11(12)17/h1-3,18-19H. The van der Waals surface area contributed by atoms with Crippen LogP contribution in [0.25, 0.3) is 0 Å². The second-order valence-electron chi connectivity index (χ2n) is 4.43. The van der Waals surface area contributed by atoms with Crippen LogP contribution in [0.2, 0.25) is 20.1 Å². The summed E-state index contributed by atoms with van der Waals surface area (Å²) in [5.74, 6) is -1.21. The Morgan fingerprint density at radius 1 is 0.840 bits per heavy atom. The molecular formula is C12H5Cl4FN4O4. The van der Waals surface area contributed by atoms with Gasteiger partial charge >= 0.3 is 0 Å². The smallest absolute Gasteiger partial charge is 0.294 e. The summed E-state index contributed by atoms with van der Waals surface area (Å²) >= 11 is 22.7. The lowest BCUT2D eigenvalue weighted by Crippen LogP contribution is -2.13. The highest BCUT2D eigenvalue weighted by Crippen LogP contribution is 2.39. The minimum absolute atomic E-state index is 0.0272. The summed E-state index contributed by atoms with van der Waals surface area (Å²) < 4.78 is 14.2. The molecule has 0 atom stereocenters. The Morgan fingerprint density at radius 3 is 1.92 bits per heavy atom. The van der Waals surface area contributed by atoms with Crippen LogP contribution >= 0.6 is 46.4 Å². The van der Waals surface area contributed by atoms with Crippen LogP contribution in [0.4, 0.5) is 27.1 Å². The molecule has 0 aliphatic carbocycles. The number of nitro benzene ring substituents is 2. The van der Waals surface area contributed by atoms with E-state index in [1.54, 1.807) is 0 Å². The third-order valence-electron chi connectivity index (χ3n) is 2.90. The summed E-state index contributed by atoms with van der Waals surface area (Å²) in [6.07, 6.45) is 0. The van der Waals surface area contributed by atoms with Crippen molar-refractivity contribution in [3.8, 4) is 0 Å². The van der Waals surface area contributed by atoms with Gasteiger partial charge < -0.3 is 0 Å². The number of rotatable bonds is 5. The number of hydrogen-bond donors (Lipinski definition) is 2. The van der Waals surface area contributed by atoms with Crippen molar-refractivity contribution < 1.29 is 14.2 Å². The molecule has 25 heavy (non-hydrogen) atoms. The summed E-state index contributed by atoms with van der Waals surface area (Å²) in [7, 11) is 0. The van der Waals surface area contributed by atoms with E-state index in [1.165, 1.54) is 0 Å². The first-order chi connectivity index (χ1) is 11.6. The van der Waals surface area contributed by atoms with Gasteiger partial charge in [-0.15, -0.1) is 0 Å². The van der Waals surface area contributed by atoms with Crippen LogP contribution in [0.15, 0.2) is 18.2 Å². The lowest BCUT2D eigenvalue weighted by Gasteiger charge is -2.13. The van der Waals surface area contributed by atoms with E-state index in [-0.39, 0.29) is 20.8 Å². The van der Waals surface area contributed by atoms with Crippen molar-refractivity contribution in [1.29, 1.82) is 0 Å². The molecule has 0 radical (unpaired) electrons. The fourth-order valence-corrected chi connectivity index (χ4v) is 2.42. The summed E-state index contributed by atoms with van der Waals surface area (Å²) in [4.78, 5) is 20.4. The topological polar surface area (TPSA) is 110 Å². The van der Waals surface area contributed by atoms with E-state index in [4.69, 9.17) is 46.4 Å². The van der Waals surface area contributed by atoms with E-state index in [2.05, 4.69) is 10.9 Å². The molecule has 0 saturated heterocycles. The molecule has 0 fully saturated rings. The number of nitro groups is 2. The molecule has 0 amide bonds. The number of hydrogen-bond acceptors (Lipinski definition) is 6. The molecule has 2 aromatic rings. The lowest BCUT2D eigenvalue weighted by atomic mass is 10.2. The molecule has 0 heterocycles. The van der Waals surface area contributed by atoms with E-state index in [0.29, 0.717) is 0 Å². The molecular weight excluding hydrogens is 425 g/mol. The highest BCUT2D eigenvalue weighted by molar-refractivity contribution is 6.43. The number of benzene rings is 2. The lowest BCUT2D eigenvalue weighted by molar-refractivity contribution is -0.384. The third-order valence-corrected chi connectivity index (χ3v) is 4.38. The van der Waals surface area contributed by atoms with Gasteiger partial charge in [0.2, 0.25) is 0 Å². The summed E-state index contributed by atoms with van der Waals surface area (Å²) in [5.41, 5.74) is 2.35. The Kier molecular flexibility index (Phi) is 5.73. The van der Waals surface area contributed by atoms with Crippen LogP contribution in [0.5, 0.6) is 0 Å². The summed E-state index contributed by atoms with van der Waals surface area (Å²) in [6, 6.07) is 2.89. The second-order valence-corrected chi connectivity index (χ2v) is 6.03. The Balaban J connectivity index is 2.46. The maximum absolute atomic E-state index is 14.2. The highest BCUT2D eigenvalue weighted by atomic mass is 35.5. The fraction of sp³-hybridized carbons (Fsp3) is 0. The first-order valence-electron chi connectivity index (χ1n) is 6.10. The van der Waals surface area contributed by atoms with Crippen LogP contribution in [0.1, 0.15) is 0 Å². The highest BCUT2D eigenvalue weighted by Gasteiger charge is 2.25. The van der Waals surface area contributed by atoms with Gasteiger partial charge in [0, 0.05) is 12.1 Å². The molecule has 0 aliphatic rings. The molecule has 8 nitrogen and oxygen atoms in total. The first kappa shape index (κ1) is 19.3. The predicted octanol–water partition coefficient (Wildman–Crippen LogP) is 5.69. The summed E-state index contributed by atoms with van der Waals surface area (Å²) in [6.45, 7) is 0. The number of halogens is 5. The van der Waals surface area contributed by atoms with Gasteiger partial charge in [-0.3, -0.25) is 31.1 Å². The van der Waals surface area contributed by atoms with Crippen molar-refractivity contribution in [1.82, 2.24) is 0 Å². The quantitative estimate of drug-likeness (QED) is 0.358. The Bertz CT molecular complexity index is 896. The van der Waals surface area contributed by atoms with E-state index >= 15 is 0 Å². The average molecular weight is 430 g/mol. The van der Waals surface area contributed by atoms with Gasteiger partial charge in [-0.1, -0.05) is 46.4 Å². The Labute approximate surface area is 158 Å². The van der Waals surface area contributed by atoms with E-state index in [9.17, 15) is 24.6 Å². The monoisotopic (exact) mass is 428 g/mol. The van der Waals surface area contributed by atoms with Crippen molar-refractivity contribution in [2.24, 2.45) is 0 Å². The molecule has 0 spiro atoms. The van der Waals surface area contributed by atoms with Crippen molar-refractivity contribution in [3.05, 3.63) is 64.3 Å². The average Bonchev–Trinajstić information content (AvgIpc) is 2.53.